The van der Waals surface area contributed by atoms with Gasteiger partial charge in [0.2, 0.25) is 5.95 Å². The van der Waals surface area contributed by atoms with Crippen LogP contribution in [-0.2, 0) is 11.0 Å². The van der Waals surface area contributed by atoms with Gasteiger partial charge in [-0.05, 0) is 29.3 Å². The molecule has 136 valence electrons. The Morgan fingerprint density at radius 2 is 2.00 bits per heavy atom. The van der Waals surface area contributed by atoms with Crippen LogP contribution in [0.5, 0.6) is 0 Å². The number of anilines is 1. The van der Waals surface area contributed by atoms with E-state index >= 15 is 0 Å². The van der Waals surface area contributed by atoms with Crippen LogP contribution in [0.3, 0.4) is 0 Å². The number of H-pyrrole nitrogens is 1. The molecule has 0 unspecified atom stereocenters. The summed E-state index contributed by atoms with van der Waals surface area (Å²) in [5, 5.41) is 8.23. The molecule has 0 atom stereocenters. The van der Waals surface area contributed by atoms with Crippen LogP contribution in [-0.4, -0.2) is 19.7 Å². The number of hydrogen-bond acceptors (Lipinski definition) is 4. The van der Waals surface area contributed by atoms with E-state index in [-0.39, 0.29) is 5.56 Å². The number of para-hydroxylation sites is 1. The highest BCUT2D eigenvalue weighted by atomic mass is 127. The zero-order valence-electron chi connectivity index (χ0n) is 14.1. The average Bonchev–Trinajstić information content (AvgIpc) is 3.12. The average molecular weight is 492 g/mol. The largest absolute Gasteiger partial charge is 0.352 e. The molecule has 6 nitrogen and oxygen atoms in total. The number of hydrogen-bond donors (Lipinski definition) is 2. The van der Waals surface area contributed by atoms with Crippen molar-refractivity contribution >= 4 is 51.2 Å². The number of halogens is 2. The molecule has 2 N–H and O–H groups in total. The number of aromatic amines is 1. The molecular weight excluding hydrogens is 477 g/mol. The number of alkyl halides is 1. The second-order valence-corrected chi connectivity index (χ2v) is 7.12. The topological polar surface area (TPSA) is 75.6 Å². The number of nitrogens with zero attached hydrogens (tertiary/aromatic N) is 3. The maximum atomic E-state index is 12.6. The minimum absolute atomic E-state index is 0.243. The molecule has 4 aromatic rings. The van der Waals surface area contributed by atoms with E-state index < -0.39 is 0 Å². The SMILES string of the molecule is O=c1[nH]c(NCc2ccc(Cl)c(CI)c2)nc2cnn(-c3ccccc3)c12. The van der Waals surface area contributed by atoms with Gasteiger partial charge < -0.3 is 5.32 Å². The molecule has 0 saturated heterocycles. The molecule has 0 fully saturated rings. The van der Waals surface area contributed by atoms with Gasteiger partial charge in [0.1, 0.15) is 5.52 Å². The van der Waals surface area contributed by atoms with Gasteiger partial charge in [-0.2, -0.15) is 5.10 Å². The second-order valence-electron chi connectivity index (χ2n) is 5.95. The Labute approximate surface area is 173 Å². The van der Waals surface area contributed by atoms with E-state index in [1.807, 2.05) is 48.5 Å². The van der Waals surface area contributed by atoms with E-state index in [2.05, 4.69) is 43.0 Å². The smallest absolute Gasteiger partial charge is 0.278 e. The van der Waals surface area contributed by atoms with Crippen molar-refractivity contribution in [3.8, 4) is 5.69 Å². The Morgan fingerprint density at radius 3 is 2.78 bits per heavy atom. The van der Waals surface area contributed by atoms with Crippen LogP contribution in [0.25, 0.3) is 16.7 Å². The molecule has 0 bridgehead atoms. The molecule has 2 heterocycles. The third-order valence-electron chi connectivity index (χ3n) is 4.14. The second kappa shape index (κ2) is 7.69. The van der Waals surface area contributed by atoms with E-state index in [9.17, 15) is 4.79 Å². The maximum Gasteiger partial charge on any atom is 0.278 e. The summed E-state index contributed by atoms with van der Waals surface area (Å²) < 4.78 is 2.43. The molecule has 2 aromatic heterocycles. The van der Waals surface area contributed by atoms with E-state index in [1.165, 1.54) is 0 Å². The molecule has 0 aliphatic rings. The first-order chi connectivity index (χ1) is 13.2. The van der Waals surface area contributed by atoms with Gasteiger partial charge in [0.25, 0.3) is 5.56 Å². The van der Waals surface area contributed by atoms with Crippen LogP contribution in [0.2, 0.25) is 5.02 Å². The van der Waals surface area contributed by atoms with E-state index in [0.29, 0.717) is 23.5 Å². The van der Waals surface area contributed by atoms with Crippen molar-refractivity contribution in [2.45, 2.75) is 11.0 Å². The zero-order chi connectivity index (χ0) is 18.8. The summed E-state index contributed by atoms with van der Waals surface area (Å²) >= 11 is 8.44. The fourth-order valence-corrected chi connectivity index (χ4v) is 3.87. The van der Waals surface area contributed by atoms with Gasteiger partial charge in [-0.15, -0.1) is 0 Å². The van der Waals surface area contributed by atoms with Crippen molar-refractivity contribution in [1.82, 2.24) is 19.7 Å². The predicted molar refractivity (Wildman–Crippen MR) is 116 cm³/mol. The van der Waals surface area contributed by atoms with Gasteiger partial charge in [-0.25, -0.2) is 9.67 Å². The molecular formula is C19H15ClIN5O. The highest BCUT2D eigenvalue weighted by Crippen LogP contribution is 2.21. The Bertz CT molecular complexity index is 1160. The van der Waals surface area contributed by atoms with Gasteiger partial charge in [-0.3, -0.25) is 9.78 Å². The molecule has 0 saturated carbocycles. The number of aromatic nitrogens is 4. The molecule has 0 aliphatic carbocycles. The Kier molecular flexibility index (Phi) is 5.13. The quantitative estimate of drug-likeness (QED) is 0.322. The van der Waals surface area contributed by atoms with Crippen LogP contribution in [0.1, 0.15) is 11.1 Å². The normalized spacial score (nSPS) is 11.0. The van der Waals surface area contributed by atoms with Crippen LogP contribution in [0.15, 0.2) is 59.5 Å². The standard InChI is InChI=1S/C19H15ClIN5O/c20-15-7-6-12(8-13(15)9-21)10-22-19-24-16-11-23-26(17(16)18(27)25-19)14-4-2-1-3-5-14/h1-8,11H,9-10H2,(H2,22,24,25,27). The third-order valence-corrected chi connectivity index (χ3v) is 5.33. The van der Waals surface area contributed by atoms with Crippen molar-refractivity contribution in [3.05, 3.63) is 81.2 Å². The monoisotopic (exact) mass is 491 g/mol. The summed E-state index contributed by atoms with van der Waals surface area (Å²) in [6.45, 7) is 0.530. The lowest BCUT2D eigenvalue weighted by Crippen LogP contribution is -2.15. The van der Waals surface area contributed by atoms with Crippen LogP contribution in [0.4, 0.5) is 5.95 Å². The number of rotatable bonds is 5. The molecule has 27 heavy (non-hydrogen) atoms. The molecule has 0 radical (unpaired) electrons. The van der Waals surface area contributed by atoms with Crippen LogP contribution < -0.4 is 10.9 Å². The van der Waals surface area contributed by atoms with Gasteiger partial charge in [-0.1, -0.05) is 64.5 Å². The first kappa shape index (κ1) is 18.0. The lowest BCUT2D eigenvalue weighted by molar-refractivity contribution is 0.903. The lowest BCUT2D eigenvalue weighted by atomic mass is 10.1. The Hall–Kier alpha value is -2.39. The van der Waals surface area contributed by atoms with Gasteiger partial charge in [0.15, 0.2) is 5.52 Å². The minimum Gasteiger partial charge on any atom is -0.352 e. The summed E-state index contributed by atoms with van der Waals surface area (Å²) in [6, 6.07) is 15.4. The number of nitrogens with one attached hydrogen (secondary N) is 2. The number of fused-ring (bicyclic) bond motifs is 1. The van der Waals surface area contributed by atoms with E-state index in [1.54, 1.807) is 10.9 Å². The molecule has 8 heteroatoms. The van der Waals surface area contributed by atoms with Crippen molar-refractivity contribution < 1.29 is 0 Å². The first-order valence-corrected chi connectivity index (χ1v) is 10.2. The highest BCUT2D eigenvalue weighted by Gasteiger charge is 2.12. The molecule has 4 rings (SSSR count). The predicted octanol–water partition coefficient (Wildman–Crippen LogP) is 4.31. The Morgan fingerprint density at radius 1 is 1.19 bits per heavy atom. The lowest BCUT2D eigenvalue weighted by Gasteiger charge is -2.08. The zero-order valence-corrected chi connectivity index (χ0v) is 17.0. The third kappa shape index (κ3) is 3.70. The van der Waals surface area contributed by atoms with Crippen molar-refractivity contribution in [2.24, 2.45) is 0 Å². The minimum atomic E-state index is -0.243. The first-order valence-electron chi connectivity index (χ1n) is 8.26. The Balaban J connectivity index is 1.62. The van der Waals surface area contributed by atoms with E-state index in [0.717, 1.165) is 26.3 Å². The molecule has 2 aromatic carbocycles. The van der Waals surface area contributed by atoms with Gasteiger partial charge in [0.05, 0.1) is 11.9 Å². The summed E-state index contributed by atoms with van der Waals surface area (Å²) in [5.41, 5.74) is 3.67. The van der Waals surface area contributed by atoms with Crippen LogP contribution in [0, 0.1) is 0 Å². The summed E-state index contributed by atoms with van der Waals surface area (Å²) in [4.78, 5) is 19.9. The van der Waals surface area contributed by atoms with Gasteiger partial charge >= 0.3 is 0 Å². The summed E-state index contributed by atoms with van der Waals surface area (Å²) in [7, 11) is 0. The number of benzene rings is 2. The fraction of sp³-hybridized carbons (Fsp3) is 0.105. The summed E-state index contributed by atoms with van der Waals surface area (Å²) in [5.74, 6) is 0.408. The van der Waals surface area contributed by atoms with Crippen molar-refractivity contribution in [2.75, 3.05) is 5.32 Å². The molecule has 0 spiro atoms. The fourth-order valence-electron chi connectivity index (χ4n) is 2.82. The molecule has 0 amide bonds. The molecule has 0 aliphatic heterocycles. The van der Waals surface area contributed by atoms with E-state index in [4.69, 9.17) is 11.6 Å². The van der Waals surface area contributed by atoms with Crippen LogP contribution >= 0.6 is 34.2 Å². The maximum absolute atomic E-state index is 12.6. The highest BCUT2D eigenvalue weighted by molar-refractivity contribution is 14.1. The van der Waals surface area contributed by atoms with Gasteiger partial charge in [0, 0.05) is 16.0 Å². The summed E-state index contributed by atoms with van der Waals surface area (Å²) in [6.07, 6.45) is 1.60. The van der Waals surface area contributed by atoms with Crippen molar-refractivity contribution in [1.29, 1.82) is 0 Å². The van der Waals surface area contributed by atoms with Crippen molar-refractivity contribution in [3.63, 3.8) is 0 Å².